The molecule has 0 spiro atoms. The van der Waals surface area contributed by atoms with Gasteiger partial charge < -0.3 is 14.6 Å². The van der Waals surface area contributed by atoms with E-state index in [1.807, 2.05) is 50.9 Å². The number of likely N-dealkylation sites (N-methyl/N-ethyl adjacent to an activating group) is 1. The van der Waals surface area contributed by atoms with E-state index in [2.05, 4.69) is 10.7 Å². The number of imide groups is 1. The van der Waals surface area contributed by atoms with E-state index >= 15 is 0 Å². The molecule has 3 atom stereocenters. The number of hydrazine groups is 1. The summed E-state index contributed by atoms with van der Waals surface area (Å²) in [4.78, 5) is 42.3. The van der Waals surface area contributed by atoms with Crippen LogP contribution in [0.4, 0.5) is 10.5 Å². The number of urea groups is 1. The lowest BCUT2D eigenvalue weighted by molar-refractivity contribution is -0.140. The van der Waals surface area contributed by atoms with Crippen molar-refractivity contribution in [3.63, 3.8) is 0 Å². The molecule has 9 nitrogen and oxygen atoms in total. The predicted octanol–water partition coefficient (Wildman–Crippen LogP) is 2.27. The Morgan fingerprint density at radius 1 is 1.19 bits per heavy atom. The molecule has 4 amide bonds. The normalized spacial score (nSPS) is 23.6. The lowest BCUT2D eigenvalue weighted by Crippen LogP contribution is -2.67. The lowest BCUT2D eigenvalue weighted by Gasteiger charge is -2.43. The maximum Gasteiger partial charge on any atom is 0.328 e. The van der Waals surface area contributed by atoms with Crippen LogP contribution in [0, 0.1) is 13.8 Å². The Labute approximate surface area is 187 Å². The quantitative estimate of drug-likeness (QED) is 0.717. The molecule has 9 heteroatoms. The number of fused-ring (bicyclic) bond motifs is 1. The van der Waals surface area contributed by atoms with Crippen molar-refractivity contribution in [1.29, 1.82) is 0 Å². The number of nitrogens with zero attached hydrogens (tertiary/aromatic N) is 3. The SMILES string of the molecule is CCN1NC(C)C2C1C(=O)N(Cc1ccco1)C(=O)N2CC(=O)Nc1cc(C)cc(C)c1. The van der Waals surface area contributed by atoms with Crippen molar-refractivity contribution in [2.24, 2.45) is 0 Å². The minimum Gasteiger partial charge on any atom is -0.467 e. The Bertz CT molecular complexity index is 1000. The second-order valence-electron chi connectivity index (χ2n) is 8.48. The fraction of sp³-hybridized carbons (Fsp3) is 0.435. The number of anilines is 1. The fourth-order valence-corrected chi connectivity index (χ4v) is 4.70. The lowest BCUT2D eigenvalue weighted by atomic mass is 9.97. The zero-order valence-corrected chi connectivity index (χ0v) is 18.8. The van der Waals surface area contributed by atoms with Crippen LogP contribution in [0.1, 0.15) is 30.7 Å². The number of carbonyl (C=O) groups excluding carboxylic acids is 3. The zero-order valence-electron chi connectivity index (χ0n) is 18.8. The van der Waals surface area contributed by atoms with Gasteiger partial charge in [0.05, 0.1) is 18.8 Å². The molecule has 4 rings (SSSR count). The molecule has 0 radical (unpaired) electrons. The molecule has 2 saturated heterocycles. The van der Waals surface area contributed by atoms with Crippen molar-refractivity contribution in [2.75, 3.05) is 18.4 Å². The maximum atomic E-state index is 13.4. The molecular formula is C23H29N5O4. The van der Waals surface area contributed by atoms with Crippen LogP contribution in [-0.2, 0) is 16.1 Å². The van der Waals surface area contributed by atoms with Gasteiger partial charge in [0, 0.05) is 18.3 Å². The minimum atomic E-state index is -0.573. The Kier molecular flexibility index (Phi) is 6.03. The van der Waals surface area contributed by atoms with Gasteiger partial charge in [-0.15, -0.1) is 0 Å². The molecule has 0 bridgehead atoms. The largest absolute Gasteiger partial charge is 0.467 e. The van der Waals surface area contributed by atoms with Gasteiger partial charge in [0.15, 0.2) is 0 Å². The second-order valence-corrected chi connectivity index (χ2v) is 8.48. The summed E-state index contributed by atoms with van der Waals surface area (Å²) >= 11 is 0. The van der Waals surface area contributed by atoms with Crippen LogP contribution < -0.4 is 10.7 Å². The number of benzene rings is 1. The van der Waals surface area contributed by atoms with Crippen molar-refractivity contribution in [1.82, 2.24) is 20.2 Å². The maximum absolute atomic E-state index is 13.4. The van der Waals surface area contributed by atoms with Gasteiger partial charge >= 0.3 is 6.03 Å². The van der Waals surface area contributed by atoms with Gasteiger partial charge in [-0.2, -0.15) is 0 Å². The molecule has 0 saturated carbocycles. The second kappa shape index (κ2) is 8.76. The highest BCUT2D eigenvalue weighted by molar-refractivity contribution is 6.03. The molecular weight excluding hydrogens is 410 g/mol. The van der Waals surface area contributed by atoms with Crippen LogP contribution in [0.25, 0.3) is 0 Å². The van der Waals surface area contributed by atoms with Crippen LogP contribution in [0.3, 0.4) is 0 Å². The van der Waals surface area contributed by atoms with Gasteiger partial charge in [-0.1, -0.05) is 13.0 Å². The van der Waals surface area contributed by atoms with Gasteiger partial charge in [-0.25, -0.2) is 15.2 Å². The summed E-state index contributed by atoms with van der Waals surface area (Å²) in [6.07, 6.45) is 1.50. The molecule has 2 N–H and O–H groups in total. The van der Waals surface area contributed by atoms with E-state index in [1.54, 1.807) is 12.1 Å². The molecule has 2 fully saturated rings. The number of nitrogens with one attached hydrogen (secondary N) is 2. The number of hydrogen-bond acceptors (Lipinski definition) is 6. The third-order valence-corrected chi connectivity index (χ3v) is 5.95. The first-order valence-electron chi connectivity index (χ1n) is 10.8. The van der Waals surface area contributed by atoms with E-state index in [9.17, 15) is 14.4 Å². The summed E-state index contributed by atoms with van der Waals surface area (Å²) in [6, 6.07) is 7.54. The summed E-state index contributed by atoms with van der Waals surface area (Å²) in [7, 11) is 0. The Morgan fingerprint density at radius 3 is 2.53 bits per heavy atom. The van der Waals surface area contributed by atoms with Gasteiger partial charge in [-0.05, 0) is 56.2 Å². The Morgan fingerprint density at radius 2 is 1.91 bits per heavy atom. The molecule has 32 heavy (non-hydrogen) atoms. The van der Waals surface area contributed by atoms with E-state index in [-0.39, 0.29) is 30.9 Å². The molecule has 170 valence electrons. The molecule has 3 heterocycles. The summed E-state index contributed by atoms with van der Waals surface area (Å²) in [5, 5.41) is 4.74. The highest BCUT2D eigenvalue weighted by Crippen LogP contribution is 2.29. The minimum absolute atomic E-state index is 0.0228. The smallest absolute Gasteiger partial charge is 0.328 e. The molecule has 2 aromatic rings. The van der Waals surface area contributed by atoms with Crippen molar-refractivity contribution < 1.29 is 18.8 Å². The van der Waals surface area contributed by atoms with Crippen LogP contribution in [0.15, 0.2) is 41.0 Å². The molecule has 3 unspecified atom stereocenters. The Balaban J connectivity index is 1.59. The zero-order chi connectivity index (χ0) is 23.0. The topological polar surface area (TPSA) is 98.1 Å². The number of carbonyl (C=O) groups is 3. The Hall–Kier alpha value is -3.17. The van der Waals surface area contributed by atoms with E-state index < -0.39 is 18.1 Å². The average Bonchev–Trinajstić information content (AvgIpc) is 3.35. The van der Waals surface area contributed by atoms with Gasteiger partial charge in [0.25, 0.3) is 5.91 Å². The number of aryl methyl sites for hydroxylation is 2. The van der Waals surface area contributed by atoms with E-state index in [4.69, 9.17) is 4.42 Å². The first kappa shape index (κ1) is 22.0. The summed E-state index contributed by atoms with van der Waals surface area (Å²) in [5.74, 6) is -0.0931. The molecule has 0 aliphatic carbocycles. The first-order valence-corrected chi connectivity index (χ1v) is 10.8. The summed E-state index contributed by atoms with van der Waals surface area (Å²) < 4.78 is 5.36. The van der Waals surface area contributed by atoms with E-state index in [0.717, 1.165) is 11.1 Å². The molecule has 2 aliphatic heterocycles. The fourth-order valence-electron chi connectivity index (χ4n) is 4.70. The summed E-state index contributed by atoms with van der Waals surface area (Å²) in [6.45, 7) is 8.25. The average molecular weight is 440 g/mol. The first-order chi connectivity index (χ1) is 15.3. The highest BCUT2D eigenvalue weighted by atomic mass is 16.3. The van der Waals surface area contributed by atoms with Crippen molar-refractivity contribution in [3.8, 4) is 0 Å². The number of rotatable bonds is 6. The van der Waals surface area contributed by atoms with Crippen LogP contribution in [-0.4, -0.2) is 63.9 Å². The molecule has 1 aromatic heterocycles. The van der Waals surface area contributed by atoms with E-state index in [1.165, 1.54) is 16.1 Å². The van der Waals surface area contributed by atoms with Crippen molar-refractivity contribution in [3.05, 3.63) is 53.5 Å². The van der Waals surface area contributed by atoms with Gasteiger partial charge in [0.1, 0.15) is 18.3 Å². The van der Waals surface area contributed by atoms with Gasteiger partial charge in [0.2, 0.25) is 5.91 Å². The number of amides is 4. The molecule has 1 aromatic carbocycles. The van der Waals surface area contributed by atoms with Gasteiger partial charge in [-0.3, -0.25) is 14.5 Å². The van der Waals surface area contributed by atoms with E-state index in [0.29, 0.717) is 18.0 Å². The highest BCUT2D eigenvalue weighted by Gasteiger charge is 2.55. The third kappa shape index (κ3) is 4.13. The number of furan rings is 1. The van der Waals surface area contributed by atoms with Crippen molar-refractivity contribution in [2.45, 2.75) is 52.4 Å². The van der Waals surface area contributed by atoms with Crippen LogP contribution in [0.2, 0.25) is 0 Å². The predicted molar refractivity (Wildman–Crippen MR) is 118 cm³/mol. The standard InChI is InChI=1S/C23H29N5O4/c1-5-28-21-20(16(4)25-28)26(13-19(29)24-17-10-14(2)9-15(3)11-17)23(31)27(22(21)30)12-18-7-6-8-32-18/h6-11,16,20-21,25H,5,12-13H2,1-4H3,(H,24,29). The monoisotopic (exact) mass is 439 g/mol. The van der Waals surface area contributed by atoms with Crippen LogP contribution >= 0.6 is 0 Å². The van der Waals surface area contributed by atoms with Crippen molar-refractivity contribution >= 4 is 23.5 Å². The number of hydrogen-bond donors (Lipinski definition) is 2. The molecule has 2 aliphatic rings. The summed E-state index contributed by atoms with van der Waals surface area (Å²) in [5.41, 5.74) is 6.04. The van der Waals surface area contributed by atoms with Crippen LogP contribution in [0.5, 0.6) is 0 Å². The third-order valence-electron chi connectivity index (χ3n) is 5.95.